The third-order valence-corrected chi connectivity index (χ3v) is 3.19. The zero-order valence-corrected chi connectivity index (χ0v) is 9.49. The van der Waals surface area contributed by atoms with Crippen LogP contribution in [-0.4, -0.2) is 5.78 Å². The van der Waals surface area contributed by atoms with Crippen molar-refractivity contribution in [3.63, 3.8) is 0 Å². The van der Waals surface area contributed by atoms with Crippen LogP contribution in [0.3, 0.4) is 0 Å². The lowest BCUT2D eigenvalue weighted by molar-refractivity contribution is 0.102. The zero-order chi connectivity index (χ0) is 10.0. The zero-order valence-electron chi connectivity index (χ0n) is 8.68. The summed E-state index contributed by atoms with van der Waals surface area (Å²) in [5.74, 6) is 0.844. The minimum absolute atomic E-state index is 0.183. The SMILES string of the molecule is CC(=O)c1cc(CC(C)C)c(C)s1. The molecule has 0 aliphatic carbocycles. The first kappa shape index (κ1) is 10.5. The van der Waals surface area contributed by atoms with E-state index < -0.39 is 0 Å². The van der Waals surface area contributed by atoms with Crippen molar-refractivity contribution in [1.29, 1.82) is 0 Å². The maximum absolute atomic E-state index is 11.1. The van der Waals surface area contributed by atoms with Crippen molar-refractivity contribution in [2.75, 3.05) is 0 Å². The molecule has 1 heterocycles. The van der Waals surface area contributed by atoms with Gasteiger partial charge in [-0.1, -0.05) is 13.8 Å². The van der Waals surface area contributed by atoms with Gasteiger partial charge in [-0.2, -0.15) is 0 Å². The Hall–Kier alpha value is -0.630. The number of rotatable bonds is 3. The molecule has 0 saturated carbocycles. The summed E-state index contributed by atoms with van der Waals surface area (Å²) in [6.07, 6.45) is 1.08. The Morgan fingerprint density at radius 2 is 2.15 bits per heavy atom. The molecule has 1 nitrogen and oxygen atoms in total. The number of hydrogen-bond acceptors (Lipinski definition) is 2. The number of Topliss-reactive ketones (excluding diaryl/α,β-unsaturated/α-hetero) is 1. The first-order valence-electron chi connectivity index (χ1n) is 4.61. The van der Waals surface area contributed by atoms with Gasteiger partial charge < -0.3 is 0 Å². The van der Waals surface area contributed by atoms with Gasteiger partial charge in [0.25, 0.3) is 0 Å². The van der Waals surface area contributed by atoms with Crippen molar-refractivity contribution >= 4 is 17.1 Å². The van der Waals surface area contributed by atoms with E-state index in [2.05, 4.69) is 20.8 Å². The maximum atomic E-state index is 11.1. The Balaban J connectivity index is 2.90. The molecule has 1 aromatic heterocycles. The van der Waals surface area contributed by atoms with Gasteiger partial charge in [-0.15, -0.1) is 11.3 Å². The van der Waals surface area contributed by atoms with E-state index in [1.54, 1.807) is 18.3 Å². The van der Waals surface area contributed by atoms with Crippen molar-refractivity contribution < 1.29 is 4.79 Å². The number of carbonyl (C=O) groups excluding carboxylic acids is 1. The van der Waals surface area contributed by atoms with Gasteiger partial charge in [0, 0.05) is 4.88 Å². The van der Waals surface area contributed by atoms with Gasteiger partial charge in [-0.3, -0.25) is 4.79 Å². The minimum Gasteiger partial charge on any atom is -0.294 e. The van der Waals surface area contributed by atoms with Crippen LogP contribution in [0.15, 0.2) is 6.07 Å². The van der Waals surface area contributed by atoms with Crippen LogP contribution in [0.1, 0.15) is 40.9 Å². The molecule has 0 aromatic carbocycles. The lowest BCUT2D eigenvalue weighted by atomic mass is 10.0. The van der Waals surface area contributed by atoms with Crippen molar-refractivity contribution in [2.24, 2.45) is 5.92 Å². The van der Waals surface area contributed by atoms with E-state index in [9.17, 15) is 4.79 Å². The highest BCUT2D eigenvalue weighted by Gasteiger charge is 2.09. The van der Waals surface area contributed by atoms with E-state index in [1.807, 2.05) is 6.07 Å². The predicted octanol–water partition coefficient (Wildman–Crippen LogP) is 3.46. The summed E-state index contributed by atoms with van der Waals surface area (Å²) in [7, 11) is 0. The van der Waals surface area contributed by atoms with Gasteiger partial charge in [-0.25, -0.2) is 0 Å². The summed E-state index contributed by atoms with van der Waals surface area (Å²) in [6, 6.07) is 2.04. The van der Waals surface area contributed by atoms with E-state index in [0.29, 0.717) is 5.92 Å². The first-order chi connectivity index (χ1) is 6.00. The molecule has 1 rings (SSSR count). The molecule has 0 aliphatic heterocycles. The lowest BCUT2D eigenvalue weighted by Gasteiger charge is -2.02. The fourth-order valence-electron chi connectivity index (χ4n) is 1.34. The minimum atomic E-state index is 0.183. The van der Waals surface area contributed by atoms with Gasteiger partial charge in [0.15, 0.2) is 5.78 Å². The topological polar surface area (TPSA) is 17.1 Å². The van der Waals surface area contributed by atoms with E-state index in [0.717, 1.165) is 11.3 Å². The smallest absolute Gasteiger partial charge is 0.169 e. The number of ketones is 1. The summed E-state index contributed by atoms with van der Waals surface area (Å²) in [4.78, 5) is 13.3. The maximum Gasteiger partial charge on any atom is 0.169 e. The van der Waals surface area contributed by atoms with E-state index in [1.165, 1.54) is 10.4 Å². The molecule has 0 aliphatic rings. The van der Waals surface area contributed by atoms with Gasteiger partial charge in [-0.05, 0) is 37.8 Å². The lowest BCUT2D eigenvalue weighted by Crippen LogP contribution is -1.93. The molecule has 0 spiro atoms. The fourth-order valence-corrected chi connectivity index (χ4v) is 2.28. The molecule has 1 aromatic rings. The molecule has 13 heavy (non-hydrogen) atoms. The Morgan fingerprint density at radius 3 is 2.54 bits per heavy atom. The summed E-state index contributed by atoms with van der Waals surface area (Å²) in [5, 5.41) is 0. The normalized spacial score (nSPS) is 10.8. The van der Waals surface area contributed by atoms with E-state index in [4.69, 9.17) is 0 Å². The standard InChI is InChI=1S/C11H16OS/c1-7(2)5-10-6-11(8(3)12)13-9(10)4/h6-7H,5H2,1-4H3. The summed E-state index contributed by atoms with van der Waals surface area (Å²) < 4.78 is 0. The first-order valence-corrected chi connectivity index (χ1v) is 5.42. The molecule has 0 saturated heterocycles. The largest absolute Gasteiger partial charge is 0.294 e. The Bertz CT molecular complexity index is 310. The van der Waals surface area contributed by atoms with Crippen molar-refractivity contribution in [1.82, 2.24) is 0 Å². The average molecular weight is 196 g/mol. The van der Waals surface area contributed by atoms with Gasteiger partial charge in [0.05, 0.1) is 4.88 Å². The quantitative estimate of drug-likeness (QED) is 0.677. The van der Waals surface area contributed by atoms with E-state index >= 15 is 0 Å². The molecule has 2 heteroatoms. The molecule has 0 fully saturated rings. The van der Waals surface area contributed by atoms with Gasteiger partial charge in [0.1, 0.15) is 0 Å². The van der Waals surface area contributed by atoms with Crippen LogP contribution in [-0.2, 0) is 6.42 Å². The number of thiophene rings is 1. The number of aryl methyl sites for hydroxylation is 1. The molecule has 0 unspecified atom stereocenters. The molecule has 72 valence electrons. The van der Waals surface area contributed by atoms with Crippen LogP contribution < -0.4 is 0 Å². The fraction of sp³-hybridized carbons (Fsp3) is 0.545. The van der Waals surface area contributed by atoms with Crippen LogP contribution >= 0.6 is 11.3 Å². The van der Waals surface area contributed by atoms with Crippen molar-refractivity contribution in [2.45, 2.75) is 34.1 Å². The third kappa shape index (κ3) is 2.66. The number of hydrogen-bond donors (Lipinski definition) is 0. The molecule has 0 bridgehead atoms. The second kappa shape index (κ2) is 4.05. The van der Waals surface area contributed by atoms with Crippen LogP contribution in [0.4, 0.5) is 0 Å². The Morgan fingerprint density at radius 1 is 1.54 bits per heavy atom. The second-order valence-electron chi connectivity index (χ2n) is 3.85. The highest BCUT2D eigenvalue weighted by atomic mass is 32.1. The summed E-state index contributed by atoms with van der Waals surface area (Å²) in [5.41, 5.74) is 1.34. The van der Waals surface area contributed by atoms with Crippen molar-refractivity contribution in [3.05, 3.63) is 21.4 Å². The Labute approximate surface area is 83.8 Å². The monoisotopic (exact) mass is 196 g/mol. The van der Waals surface area contributed by atoms with Gasteiger partial charge >= 0.3 is 0 Å². The predicted molar refractivity (Wildman–Crippen MR) is 57.6 cm³/mol. The van der Waals surface area contributed by atoms with Crippen molar-refractivity contribution in [3.8, 4) is 0 Å². The van der Waals surface area contributed by atoms with Crippen LogP contribution in [0, 0.1) is 12.8 Å². The molecular formula is C11H16OS. The summed E-state index contributed by atoms with van der Waals surface area (Å²) >= 11 is 1.61. The highest BCUT2D eigenvalue weighted by Crippen LogP contribution is 2.24. The van der Waals surface area contributed by atoms with Crippen LogP contribution in [0.2, 0.25) is 0 Å². The molecule has 0 amide bonds. The van der Waals surface area contributed by atoms with Crippen LogP contribution in [0.25, 0.3) is 0 Å². The average Bonchev–Trinajstić information content (AvgIpc) is 2.31. The molecular weight excluding hydrogens is 180 g/mol. The van der Waals surface area contributed by atoms with Crippen LogP contribution in [0.5, 0.6) is 0 Å². The van der Waals surface area contributed by atoms with E-state index in [-0.39, 0.29) is 5.78 Å². The third-order valence-electron chi connectivity index (χ3n) is 2.00. The number of carbonyl (C=O) groups is 1. The summed E-state index contributed by atoms with van der Waals surface area (Å²) in [6.45, 7) is 8.12. The second-order valence-corrected chi connectivity index (χ2v) is 5.10. The molecule has 0 atom stereocenters. The van der Waals surface area contributed by atoms with Gasteiger partial charge in [0.2, 0.25) is 0 Å². The Kier molecular flexibility index (Phi) is 3.26. The highest BCUT2D eigenvalue weighted by molar-refractivity contribution is 7.14. The molecule has 0 radical (unpaired) electrons. The molecule has 0 N–H and O–H groups in total.